The summed E-state index contributed by atoms with van der Waals surface area (Å²) in [6, 6.07) is 0. The van der Waals surface area contributed by atoms with Crippen LogP contribution >= 0.6 is 0 Å². The Bertz CT molecular complexity index is 160. The van der Waals surface area contributed by atoms with E-state index in [1.807, 2.05) is 0 Å². The van der Waals surface area contributed by atoms with Crippen LogP contribution in [0.15, 0.2) is 0 Å². The topological polar surface area (TPSA) is 38.7 Å². The largest absolute Gasteiger partial charge is 0.373 e. The van der Waals surface area contributed by atoms with Gasteiger partial charge in [0.2, 0.25) is 0 Å². The fraction of sp³-hybridized carbons (Fsp3) is 1.00. The molecule has 70 valence electrons. The molecule has 1 N–H and O–H groups in total. The lowest BCUT2D eigenvalue weighted by Crippen LogP contribution is -2.47. The van der Waals surface area contributed by atoms with E-state index in [1.165, 1.54) is 0 Å². The molecule has 1 aliphatic carbocycles. The van der Waals surface area contributed by atoms with E-state index in [4.69, 9.17) is 9.47 Å². The Morgan fingerprint density at radius 1 is 1.17 bits per heavy atom. The van der Waals surface area contributed by atoms with Crippen molar-refractivity contribution in [3.8, 4) is 0 Å². The molecule has 0 aromatic heterocycles. The highest BCUT2D eigenvalue weighted by Crippen LogP contribution is 2.33. The molecular weight excluding hydrogens is 156 g/mol. The minimum Gasteiger partial charge on any atom is -0.373 e. The highest BCUT2D eigenvalue weighted by atomic mass is 16.7. The van der Waals surface area contributed by atoms with Crippen molar-refractivity contribution in [3.63, 3.8) is 0 Å². The molecular formula is C9H16O3. The van der Waals surface area contributed by atoms with Crippen molar-refractivity contribution >= 4 is 0 Å². The molecule has 0 amide bonds. The second-order valence-corrected chi connectivity index (χ2v) is 3.65. The maximum absolute atomic E-state index is 10.0. The zero-order valence-electron chi connectivity index (χ0n) is 7.29. The predicted molar refractivity (Wildman–Crippen MR) is 43.7 cm³/mol. The monoisotopic (exact) mass is 172 g/mol. The summed E-state index contributed by atoms with van der Waals surface area (Å²) >= 11 is 0. The van der Waals surface area contributed by atoms with Crippen molar-refractivity contribution in [2.45, 2.75) is 44.0 Å². The summed E-state index contributed by atoms with van der Waals surface area (Å²) in [4.78, 5) is 0. The molecule has 2 aliphatic rings. The first-order valence-electron chi connectivity index (χ1n) is 4.79. The van der Waals surface area contributed by atoms with Crippen molar-refractivity contribution in [1.82, 2.24) is 0 Å². The van der Waals surface area contributed by atoms with Gasteiger partial charge in [0.1, 0.15) is 6.10 Å². The Balaban J connectivity index is 2.07. The van der Waals surface area contributed by atoms with E-state index in [-0.39, 0.29) is 6.10 Å². The van der Waals surface area contributed by atoms with E-state index in [0.29, 0.717) is 6.61 Å². The zero-order valence-corrected chi connectivity index (χ0v) is 7.29. The van der Waals surface area contributed by atoms with Gasteiger partial charge in [0.05, 0.1) is 6.61 Å². The number of aliphatic hydroxyl groups is 1. The van der Waals surface area contributed by atoms with Crippen LogP contribution in [0.25, 0.3) is 0 Å². The Morgan fingerprint density at radius 3 is 3.00 bits per heavy atom. The standard InChI is InChI=1S/C9H16O3/c10-9-5-2-1-4-8(9)11-6-3-7-12-9/h8,10H,1-7H2. The van der Waals surface area contributed by atoms with E-state index in [2.05, 4.69) is 0 Å². The maximum Gasteiger partial charge on any atom is 0.192 e. The van der Waals surface area contributed by atoms with Crippen LogP contribution in [0.3, 0.4) is 0 Å². The van der Waals surface area contributed by atoms with Crippen molar-refractivity contribution in [1.29, 1.82) is 0 Å². The van der Waals surface area contributed by atoms with Gasteiger partial charge in [0.15, 0.2) is 5.79 Å². The molecule has 1 aliphatic heterocycles. The van der Waals surface area contributed by atoms with Crippen LogP contribution in [-0.4, -0.2) is 30.2 Å². The molecule has 3 nitrogen and oxygen atoms in total. The summed E-state index contributed by atoms with van der Waals surface area (Å²) in [5, 5.41) is 10.0. The smallest absolute Gasteiger partial charge is 0.192 e. The van der Waals surface area contributed by atoms with Gasteiger partial charge >= 0.3 is 0 Å². The van der Waals surface area contributed by atoms with E-state index < -0.39 is 5.79 Å². The molecule has 12 heavy (non-hydrogen) atoms. The average Bonchev–Trinajstić information content (AvgIpc) is 2.25. The highest BCUT2D eigenvalue weighted by molar-refractivity contribution is 4.84. The summed E-state index contributed by atoms with van der Waals surface area (Å²) in [6.07, 6.45) is 4.70. The number of hydrogen-bond acceptors (Lipinski definition) is 3. The molecule has 0 spiro atoms. The third-order valence-electron chi connectivity index (χ3n) is 2.71. The van der Waals surface area contributed by atoms with E-state index in [9.17, 15) is 5.11 Å². The molecule has 0 bridgehead atoms. The molecule has 2 rings (SSSR count). The second-order valence-electron chi connectivity index (χ2n) is 3.65. The Morgan fingerprint density at radius 2 is 2.08 bits per heavy atom. The highest BCUT2D eigenvalue weighted by Gasteiger charge is 2.41. The van der Waals surface area contributed by atoms with Gasteiger partial charge < -0.3 is 14.6 Å². The summed E-state index contributed by atoms with van der Waals surface area (Å²) < 4.78 is 11.0. The van der Waals surface area contributed by atoms with Crippen LogP contribution in [0.1, 0.15) is 32.1 Å². The molecule has 2 unspecified atom stereocenters. The molecule has 3 heteroatoms. The zero-order chi connectivity index (χ0) is 8.44. The lowest BCUT2D eigenvalue weighted by atomic mass is 9.91. The first kappa shape index (κ1) is 8.48. The van der Waals surface area contributed by atoms with Gasteiger partial charge in [-0.3, -0.25) is 0 Å². The van der Waals surface area contributed by atoms with E-state index >= 15 is 0 Å². The van der Waals surface area contributed by atoms with E-state index in [1.54, 1.807) is 0 Å². The molecule has 0 aromatic carbocycles. The molecule has 2 atom stereocenters. The maximum atomic E-state index is 10.0. The van der Waals surface area contributed by atoms with Crippen molar-refractivity contribution < 1.29 is 14.6 Å². The normalized spacial score (nSPS) is 43.2. The Hall–Kier alpha value is -0.120. The Kier molecular flexibility index (Phi) is 2.35. The number of hydrogen-bond donors (Lipinski definition) is 1. The first-order chi connectivity index (χ1) is 5.81. The number of rotatable bonds is 0. The minimum atomic E-state index is -0.964. The quantitative estimate of drug-likeness (QED) is 0.593. The fourth-order valence-corrected chi connectivity index (χ4v) is 2.01. The lowest BCUT2D eigenvalue weighted by molar-refractivity contribution is -0.264. The fourth-order valence-electron chi connectivity index (χ4n) is 2.01. The number of ether oxygens (including phenoxy) is 2. The first-order valence-corrected chi connectivity index (χ1v) is 4.79. The molecule has 0 radical (unpaired) electrons. The third kappa shape index (κ3) is 1.49. The van der Waals surface area contributed by atoms with Crippen LogP contribution in [0.5, 0.6) is 0 Å². The van der Waals surface area contributed by atoms with Crippen molar-refractivity contribution in [2.24, 2.45) is 0 Å². The SMILES string of the molecule is OC12CCCCC1OCCCO2. The van der Waals surface area contributed by atoms with Crippen LogP contribution in [0.2, 0.25) is 0 Å². The summed E-state index contributed by atoms with van der Waals surface area (Å²) in [6.45, 7) is 1.36. The predicted octanol–water partition coefficient (Wildman–Crippen LogP) is 1.05. The van der Waals surface area contributed by atoms with Crippen LogP contribution in [-0.2, 0) is 9.47 Å². The second kappa shape index (κ2) is 3.32. The van der Waals surface area contributed by atoms with E-state index in [0.717, 1.165) is 38.7 Å². The average molecular weight is 172 g/mol. The van der Waals surface area contributed by atoms with Gasteiger partial charge in [-0.2, -0.15) is 0 Å². The van der Waals surface area contributed by atoms with Crippen molar-refractivity contribution in [3.05, 3.63) is 0 Å². The van der Waals surface area contributed by atoms with Gasteiger partial charge in [0, 0.05) is 13.0 Å². The van der Waals surface area contributed by atoms with Gasteiger partial charge in [-0.25, -0.2) is 0 Å². The summed E-state index contributed by atoms with van der Waals surface area (Å²) in [7, 11) is 0. The van der Waals surface area contributed by atoms with Gasteiger partial charge in [-0.1, -0.05) is 6.42 Å². The van der Waals surface area contributed by atoms with Crippen molar-refractivity contribution in [2.75, 3.05) is 13.2 Å². The third-order valence-corrected chi connectivity index (χ3v) is 2.71. The Labute approximate surface area is 72.7 Å². The summed E-state index contributed by atoms with van der Waals surface area (Å²) in [5.41, 5.74) is 0. The van der Waals surface area contributed by atoms with Gasteiger partial charge in [-0.15, -0.1) is 0 Å². The van der Waals surface area contributed by atoms with Gasteiger partial charge in [0.25, 0.3) is 0 Å². The molecule has 2 fully saturated rings. The summed E-state index contributed by atoms with van der Waals surface area (Å²) in [5.74, 6) is -0.964. The van der Waals surface area contributed by atoms with Crippen LogP contribution < -0.4 is 0 Å². The lowest BCUT2D eigenvalue weighted by Gasteiger charge is -2.37. The molecule has 0 aromatic rings. The molecule has 1 heterocycles. The van der Waals surface area contributed by atoms with Crippen LogP contribution in [0.4, 0.5) is 0 Å². The van der Waals surface area contributed by atoms with Crippen LogP contribution in [0, 0.1) is 0 Å². The molecule has 1 saturated heterocycles. The minimum absolute atomic E-state index is 0.0752. The van der Waals surface area contributed by atoms with Gasteiger partial charge in [-0.05, 0) is 19.3 Å². The molecule has 1 saturated carbocycles. The number of fused-ring (bicyclic) bond motifs is 1.